The van der Waals surface area contributed by atoms with Gasteiger partial charge in [-0.1, -0.05) is 48.9 Å². The number of ketones is 1. The number of para-hydroxylation sites is 1. The standard InChI is InChI=1S/C24H27N3O2S/c1-17(28)20(15-18-9-3-2-4-10-18)25-23(29)16-27-14-8-7-12-21(27)24-26-19-11-5-6-13-22(19)30-24/h2-6,9-11,13,20-21H,7-8,12,14-16H2,1H3,(H,25,29). The average Bonchev–Trinajstić information content (AvgIpc) is 3.18. The smallest absolute Gasteiger partial charge is 0.234 e. The summed E-state index contributed by atoms with van der Waals surface area (Å²) in [6.45, 7) is 2.70. The van der Waals surface area contributed by atoms with E-state index in [2.05, 4.69) is 16.3 Å². The molecule has 1 fully saturated rings. The van der Waals surface area contributed by atoms with Crippen molar-refractivity contribution in [3.63, 3.8) is 0 Å². The average molecular weight is 422 g/mol. The fraction of sp³-hybridized carbons (Fsp3) is 0.375. The lowest BCUT2D eigenvalue weighted by atomic mass is 10.0. The number of thiazole rings is 1. The molecule has 30 heavy (non-hydrogen) atoms. The topological polar surface area (TPSA) is 62.3 Å². The van der Waals surface area contributed by atoms with Crippen molar-refractivity contribution in [1.82, 2.24) is 15.2 Å². The van der Waals surface area contributed by atoms with Crippen LogP contribution in [0, 0.1) is 0 Å². The van der Waals surface area contributed by atoms with Crippen LogP contribution in [-0.4, -0.2) is 40.7 Å². The van der Waals surface area contributed by atoms with Crippen molar-refractivity contribution in [3.05, 3.63) is 65.2 Å². The number of likely N-dealkylation sites (tertiary alicyclic amines) is 1. The van der Waals surface area contributed by atoms with Gasteiger partial charge < -0.3 is 5.32 Å². The number of Topliss-reactive ketones (excluding diaryl/α,β-unsaturated/α-hetero) is 1. The molecule has 1 aromatic heterocycles. The first-order valence-electron chi connectivity index (χ1n) is 10.5. The van der Waals surface area contributed by atoms with E-state index in [-0.39, 0.29) is 17.7 Å². The third kappa shape index (κ3) is 4.94. The molecule has 0 bridgehead atoms. The number of carbonyl (C=O) groups excluding carboxylic acids is 2. The third-order valence-corrected chi connectivity index (χ3v) is 6.80. The molecule has 0 radical (unpaired) electrons. The molecular formula is C24H27N3O2S. The van der Waals surface area contributed by atoms with E-state index < -0.39 is 6.04 Å². The molecule has 1 aliphatic heterocycles. The zero-order valence-electron chi connectivity index (χ0n) is 17.2. The molecule has 0 spiro atoms. The second-order valence-electron chi connectivity index (χ2n) is 7.92. The van der Waals surface area contributed by atoms with Crippen LogP contribution >= 0.6 is 11.3 Å². The molecule has 1 amide bonds. The number of nitrogens with zero attached hydrogens (tertiary/aromatic N) is 2. The normalized spacial score (nSPS) is 18.2. The van der Waals surface area contributed by atoms with Crippen LogP contribution in [0.1, 0.15) is 42.8 Å². The van der Waals surface area contributed by atoms with Crippen LogP contribution in [0.2, 0.25) is 0 Å². The molecule has 4 rings (SSSR count). The van der Waals surface area contributed by atoms with Gasteiger partial charge in [-0.25, -0.2) is 4.98 Å². The van der Waals surface area contributed by atoms with Crippen molar-refractivity contribution >= 4 is 33.2 Å². The largest absolute Gasteiger partial charge is 0.345 e. The summed E-state index contributed by atoms with van der Waals surface area (Å²) in [6, 6.07) is 17.6. The number of carbonyl (C=O) groups is 2. The Morgan fingerprint density at radius 1 is 1.13 bits per heavy atom. The molecule has 0 aliphatic carbocycles. The van der Waals surface area contributed by atoms with Crippen LogP contribution in [0.4, 0.5) is 0 Å². The van der Waals surface area contributed by atoms with Crippen molar-refractivity contribution in [2.45, 2.75) is 44.7 Å². The maximum Gasteiger partial charge on any atom is 0.234 e. The maximum atomic E-state index is 12.8. The summed E-state index contributed by atoms with van der Waals surface area (Å²) in [5.74, 6) is -0.118. The zero-order chi connectivity index (χ0) is 20.9. The van der Waals surface area contributed by atoms with Crippen LogP contribution in [-0.2, 0) is 16.0 Å². The zero-order valence-corrected chi connectivity index (χ0v) is 18.0. The summed E-state index contributed by atoms with van der Waals surface area (Å²) in [5, 5.41) is 4.04. The molecule has 0 saturated carbocycles. The first-order chi connectivity index (χ1) is 14.6. The van der Waals surface area contributed by atoms with Crippen molar-refractivity contribution in [2.24, 2.45) is 0 Å². The van der Waals surface area contributed by atoms with Crippen molar-refractivity contribution in [1.29, 1.82) is 0 Å². The number of amides is 1. The molecule has 2 aromatic carbocycles. The van der Waals surface area contributed by atoms with Crippen LogP contribution in [0.3, 0.4) is 0 Å². The van der Waals surface area contributed by atoms with Gasteiger partial charge >= 0.3 is 0 Å². The Hall–Kier alpha value is -2.57. The molecule has 156 valence electrons. The summed E-state index contributed by atoms with van der Waals surface area (Å²) in [4.78, 5) is 32.0. The van der Waals surface area contributed by atoms with Gasteiger partial charge in [-0.2, -0.15) is 0 Å². The van der Waals surface area contributed by atoms with Crippen molar-refractivity contribution in [2.75, 3.05) is 13.1 Å². The predicted octanol–water partition coefficient (Wildman–Crippen LogP) is 4.14. The molecule has 1 N–H and O–H groups in total. The summed E-state index contributed by atoms with van der Waals surface area (Å²) in [6.07, 6.45) is 3.74. The van der Waals surface area contributed by atoms with E-state index in [1.54, 1.807) is 18.3 Å². The summed E-state index contributed by atoms with van der Waals surface area (Å²) >= 11 is 1.72. The number of benzene rings is 2. The van der Waals surface area contributed by atoms with Gasteiger partial charge in [0.2, 0.25) is 5.91 Å². The predicted molar refractivity (Wildman–Crippen MR) is 121 cm³/mol. The molecule has 5 nitrogen and oxygen atoms in total. The number of hydrogen-bond acceptors (Lipinski definition) is 5. The van der Waals surface area contributed by atoms with Gasteiger partial charge in [-0.3, -0.25) is 14.5 Å². The van der Waals surface area contributed by atoms with Gasteiger partial charge in [-0.05, 0) is 50.4 Å². The van der Waals surface area contributed by atoms with Crippen LogP contribution < -0.4 is 5.32 Å². The summed E-state index contributed by atoms with van der Waals surface area (Å²) in [7, 11) is 0. The first-order valence-corrected chi connectivity index (χ1v) is 11.3. The monoisotopic (exact) mass is 421 g/mol. The van der Waals surface area contributed by atoms with Crippen LogP contribution in [0.25, 0.3) is 10.2 Å². The number of nitrogens with one attached hydrogen (secondary N) is 1. The molecular weight excluding hydrogens is 394 g/mol. The van der Waals surface area contributed by atoms with E-state index in [4.69, 9.17) is 4.98 Å². The van der Waals surface area contributed by atoms with Gasteiger partial charge in [0.15, 0.2) is 5.78 Å². The Bertz CT molecular complexity index is 984. The second-order valence-corrected chi connectivity index (χ2v) is 8.98. The molecule has 2 atom stereocenters. The highest BCUT2D eigenvalue weighted by molar-refractivity contribution is 7.18. The number of rotatable bonds is 7. The Labute approximate surface area is 181 Å². The maximum absolute atomic E-state index is 12.8. The van der Waals surface area contributed by atoms with Gasteiger partial charge in [0, 0.05) is 0 Å². The molecule has 1 saturated heterocycles. The van der Waals surface area contributed by atoms with Gasteiger partial charge in [0.05, 0.1) is 28.8 Å². The molecule has 1 aliphatic rings. The Morgan fingerprint density at radius 3 is 2.67 bits per heavy atom. The quantitative estimate of drug-likeness (QED) is 0.623. The van der Waals surface area contributed by atoms with E-state index in [0.717, 1.165) is 41.9 Å². The SMILES string of the molecule is CC(=O)C(Cc1ccccc1)NC(=O)CN1CCCCC1c1nc2ccccc2s1. The van der Waals surface area contributed by atoms with E-state index in [0.29, 0.717) is 13.0 Å². The van der Waals surface area contributed by atoms with Crippen molar-refractivity contribution < 1.29 is 9.59 Å². The van der Waals surface area contributed by atoms with Crippen molar-refractivity contribution in [3.8, 4) is 0 Å². The second kappa shape index (κ2) is 9.49. The number of hydrogen-bond donors (Lipinski definition) is 1. The fourth-order valence-electron chi connectivity index (χ4n) is 4.06. The molecule has 2 unspecified atom stereocenters. The van der Waals surface area contributed by atoms with Gasteiger partial charge in [0.1, 0.15) is 5.01 Å². The van der Waals surface area contributed by atoms with Crippen LogP contribution in [0.15, 0.2) is 54.6 Å². The van der Waals surface area contributed by atoms with E-state index in [1.165, 1.54) is 4.70 Å². The fourth-order valence-corrected chi connectivity index (χ4v) is 5.20. The van der Waals surface area contributed by atoms with Gasteiger partial charge in [-0.15, -0.1) is 11.3 Å². The Morgan fingerprint density at radius 2 is 1.90 bits per heavy atom. The third-order valence-electron chi connectivity index (χ3n) is 5.66. The Balaban J connectivity index is 1.44. The molecule has 2 heterocycles. The van der Waals surface area contributed by atoms with E-state index >= 15 is 0 Å². The van der Waals surface area contributed by atoms with Gasteiger partial charge in [0.25, 0.3) is 0 Å². The first kappa shape index (κ1) is 20.7. The highest BCUT2D eigenvalue weighted by Gasteiger charge is 2.29. The lowest BCUT2D eigenvalue weighted by Crippen LogP contribution is -2.47. The minimum absolute atomic E-state index is 0.0198. The molecule has 6 heteroatoms. The number of fused-ring (bicyclic) bond motifs is 1. The van der Waals surface area contributed by atoms with E-state index in [1.807, 2.05) is 48.5 Å². The highest BCUT2D eigenvalue weighted by atomic mass is 32.1. The molecule has 3 aromatic rings. The highest BCUT2D eigenvalue weighted by Crippen LogP contribution is 2.35. The number of piperidine rings is 1. The summed E-state index contributed by atoms with van der Waals surface area (Å²) < 4.78 is 1.18. The van der Waals surface area contributed by atoms with Crippen LogP contribution in [0.5, 0.6) is 0 Å². The summed E-state index contributed by atoms with van der Waals surface area (Å²) in [5.41, 5.74) is 2.07. The van der Waals surface area contributed by atoms with E-state index in [9.17, 15) is 9.59 Å². The minimum Gasteiger partial charge on any atom is -0.345 e. The number of aromatic nitrogens is 1. The lowest BCUT2D eigenvalue weighted by molar-refractivity contribution is -0.128. The minimum atomic E-state index is -0.495. The lowest BCUT2D eigenvalue weighted by Gasteiger charge is -2.34. The Kier molecular flexibility index (Phi) is 6.55.